The smallest absolute Gasteiger partial charge is 0.159 e. The molecule has 0 spiro atoms. The lowest BCUT2D eigenvalue weighted by atomic mass is 10.1. The monoisotopic (exact) mass is 220 g/mol. The molecule has 0 aliphatic rings. The van der Waals surface area contributed by atoms with Crippen molar-refractivity contribution >= 4 is 22.6 Å². The predicted octanol–water partition coefficient (Wildman–Crippen LogP) is 3.11. The number of rotatable bonds is 3. The van der Waals surface area contributed by atoms with Gasteiger partial charge in [0.25, 0.3) is 0 Å². The summed E-state index contributed by atoms with van der Waals surface area (Å²) < 4.78 is 0. The third-order valence-electron chi connectivity index (χ3n) is 2.46. The average molecular weight is 221 g/mol. The van der Waals surface area contributed by atoms with Gasteiger partial charge in [0.2, 0.25) is 0 Å². The molecule has 2 aromatic heterocycles. The average Bonchev–Trinajstić information content (AvgIpc) is 2.26. The number of aryl methyl sites for hydroxylation is 2. The minimum absolute atomic E-state index is 0.699. The van der Waals surface area contributed by atoms with Crippen LogP contribution in [0.4, 0.5) is 0 Å². The first-order chi connectivity index (χ1) is 7.31. The van der Waals surface area contributed by atoms with E-state index in [9.17, 15) is 0 Å². The molecule has 0 fully saturated rings. The molecule has 0 amide bonds. The molecule has 0 saturated heterocycles. The highest BCUT2D eigenvalue weighted by Crippen LogP contribution is 2.15. The first-order valence-electron chi connectivity index (χ1n) is 5.08. The van der Waals surface area contributed by atoms with Crippen LogP contribution in [-0.4, -0.2) is 15.8 Å². The van der Waals surface area contributed by atoms with E-state index in [0.717, 1.165) is 29.6 Å². The first-order valence-corrected chi connectivity index (χ1v) is 5.62. The second kappa shape index (κ2) is 4.58. The van der Waals surface area contributed by atoms with Crippen LogP contribution in [0.3, 0.4) is 0 Å². The van der Waals surface area contributed by atoms with Crippen molar-refractivity contribution in [2.75, 3.05) is 5.88 Å². The van der Waals surface area contributed by atoms with E-state index in [1.54, 1.807) is 6.20 Å². The largest absolute Gasteiger partial charge is 0.237 e. The Morgan fingerprint density at radius 1 is 1.40 bits per heavy atom. The second-order valence-electron chi connectivity index (χ2n) is 3.58. The number of fused-ring (bicyclic) bond motifs is 1. The molecule has 0 aliphatic heterocycles. The van der Waals surface area contributed by atoms with Gasteiger partial charge in [-0.2, -0.15) is 0 Å². The van der Waals surface area contributed by atoms with E-state index in [0.29, 0.717) is 5.88 Å². The van der Waals surface area contributed by atoms with Crippen molar-refractivity contribution in [3.8, 4) is 0 Å². The number of hydrogen-bond acceptors (Lipinski definition) is 2. The summed E-state index contributed by atoms with van der Waals surface area (Å²) in [5.41, 5.74) is 3.16. The molecule has 0 atom stereocenters. The third-order valence-corrected chi connectivity index (χ3v) is 2.73. The highest BCUT2D eigenvalue weighted by molar-refractivity contribution is 6.17. The molecule has 0 aromatic carbocycles. The van der Waals surface area contributed by atoms with Gasteiger partial charge in [0.1, 0.15) is 0 Å². The Balaban J connectivity index is 2.43. The topological polar surface area (TPSA) is 25.8 Å². The van der Waals surface area contributed by atoms with Crippen LogP contribution in [0.1, 0.15) is 17.7 Å². The van der Waals surface area contributed by atoms with Gasteiger partial charge >= 0.3 is 0 Å². The Morgan fingerprint density at radius 2 is 2.27 bits per heavy atom. The van der Waals surface area contributed by atoms with Crippen LogP contribution in [0, 0.1) is 6.92 Å². The van der Waals surface area contributed by atoms with Gasteiger partial charge in [-0.3, -0.25) is 0 Å². The number of pyridine rings is 2. The number of aromatic nitrogens is 2. The van der Waals surface area contributed by atoms with Crippen molar-refractivity contribution in [3.05, 3.63) is 35.7 Å². The molecule has 3 heteroatoms. The standard InChI is InChI=1S/C12H13ClN2/c1-9-10(4-2-6-13)8-11-5-3-7-14-12(11)15-9/h3,5,7-8H,2,4,6H2,1H3. The fourth-order valence-electron chi connectivity index (χ4n) is 1.65. The second-order valence-corrected chi connectivity index (χ2v) is 3.95. The zero-order valence-corrected chi connectivity index (χ0v) is 9.46. The SMILES string of the molecule is Cc1nc2ncccc2cc1CCCCl. The zero-order chi connectivity index (χ0) is 10.7. The normalized spacial score (nSPS) is 10.8. The van der Waals surface area contributed by atoms with Crippen LogP contribution in [-0.2, 0) is 6.42 Å². The highest BCUT2D eigenvalue weighted by Gasteiger charge is 2.03. The minimum atomic E-state index is 0.699. The predicted molar refractivity (Wildman–Crippen MR) is 63.3 cm³/mol. The minimum Gasteiger partial charge on any atom is -0.237 e. The molecule has 0 bridgehead atoms. The molecule has 0 unspecified atom stereocenters. The van der Waals surface area contributed by atoms with Gasteiger partial charge in [-0.15, -0.1) is 11.6 Å². The van der Waals surface area contributed by atoms with Crippen LogP contribution in [0.25, 0.3) is 11.0 Å². The van der Waals surface area contributed by atoms with Gasteiger partial charge in [0.15, 0.2) is 5.65 Å². The summed E-state index contributed by atoms with van der Waals surface area (Å²) in [6.45, 7) is 2.03. The molecule has 2 rings (SSSR count). The summed E-state index contributed by atoms with van der Waals surface area (Å²) in [4.78, 5) is 8.70. The Morgan fingerprint density at radius 3 is 3.07 bits per heavy atom. The van der Waals surface area contributed by atoms with Crippen molar-refractivity contribution in [2.24, 2.45) is 0 Å². The van der Waals surface area contributed by atoms with Crippen LogP contribution in [0.2, 0.25) is 0 Å². The van der Waals surface area contributed by atoms with Gasteiger partial charge in [0, 0.05) is 23.2 Å². The molecule has 2 aromatic rings. The van der Waals surface area contributed by atoms with Gasteiger partial charge in [0.05, 0.1) is 0 Å². The Hall–Kier alpha value is -1.15. The van der Waals surface area contributed by atoms with Crippen molar-refractivity contribution in [3.63, 3.8) is 0 Å². The lowest BCUT2D eigenvalue weighted by Crippen LogP contribution is -1.95. The van der Waals surface area contributed by atoms with Crippen molar-refractivity contribution in [1.82, 2.24) is 9.97 Å². The van der Waals surface area contributed by atoms with Crippen LogP contribution >= 0.6 is 11.6 Å². The maximum atomic E-state index is 5.69. The molecule has 0 radical (unpaired) electrons. The van der Waals surface area contributed by atoms with Gasteiger partial charge in [-0.25, -0.2) is 9.97 Å². The van der Waals surface area contributed by atoms with Crippen molar-refractivity contribution in [1.29, 1.82) is 0 Å². The van der Waals surface area contributed by atoms with E-state index in [-0.39, 0.29) is 0 Å². The van der Waals surface area contributed by atoms with Crippen LogP contribution in [0.15, 0.2) is 24.4 Å². The summed E-state index contributed by atoms with van der Waals surface area (Å²) in [7, 11) is 0. The summed E-state index contributed by atoms with van der Waals surface area (Å²) in [6.07, 6.45) is 3.76. The van der Waals surface area contributed by atoms with Gasteiger partial charge < -0.3 is 0 Å². The molecule has 0 N–H and O–H groups in total. The number of halogens is 1. The molecule has 15 heavy (non-hydrogen) atoms. The molecular formula is C12H13ClN2. The third kappa shape index (κ3) is 2.26. The molecular weight excluding hydrogens is 208 g/mol. The van der Waals surface area contributed by atoms with E-state index in [4.69, 9.17) is 11.6 Å². The lowest BCUT2D eigenvalue weighted by molar-refractivity contribution is 0.908. The summed E-state index contributed by atoms with van der Waals surface area (Å²) in [6, 6.07) is 6.14. The zero-order valence-electron chi connectivity index (χ0n) is 8.70. The van der Waals surface area contributed by atoms with Gasteiger partial charge in [-0.05, 0) is 43.5 Å². The summed E-state index contributed by atoms with van der Waals surface area (Å²) in [5, 5.41) is 1.10. The van der Waals surface area contributed by atoms with E-state index in [1.807, 2.05) is 19.1 Å². The number of alkyl halides is 1. The molecule has 78 valence electrons. The van der Waals surface area contributed by atoms with Gasteiger partial charge in [-0.1, -0.05) is 0 Å². The maximum Gasteiger partial charge on any atom is 0.159 e. The highest BCUT2D eigenvalue weighted by atomic mass is 35.5. The maximum absolute atomic E-state index is 5.69. The van der Waals surface area contributed by atoms with Crippen LogP contribution < -0.4 is 0 Å². The lowest BCUT2D eigenvalue weighted by Gasteiger charge is -2.05. The number of nitrogens with zero attached hydrogens (tertiary/aromatic N) is 2. The molecule has 2 nitrogen and oxygen atoms in total. The van der Waals surface area contributed by atoms with E-state index in [2.05, 4.69) is 16.0 Å². The van der Waals surface area contributed by atoms with Crippen molar-refractivity contribution < 1.29 is 0 Å². The fraction of sp³-hybridized carbons (Fsp3) is 0.333. The van der Waals surface area contributed by atoms with Crippen LogP contribution in [0.5, 0.6) is 0 Å². The van der Waals surface area contributed by atoms with E-state index < -0.39 is 0 Å². The number of hydrogen-bond donors (Lipinski definition) is 0. The first kappa shape index (κ1) is 10.4. The molecule has 0 aliphatic carbocycles. The van der Waals surface area contributed by atoms with E-state index in [1.165, 1.54) is 5.56 Å². The Labute approximate surface area is 94.3 Å². The van der Waals surface area contributed by atoms with Crippen molar-refractivity contribution in [2.45, 2.75) is 19.8 Å². The van der Waals surface area contributed by atoms with E-state index >= 15 is 0 Å². The Bertz CT molecular complexity index is 468. The molecule has 2 heterocycles. The summed E-state index contributed by atoms with van der Waals surface area (Å²) in [5.74, 6) is 0.699. The summed E-state index contributed by atoms with van der Waals surface area (Å²) >= 11 is 5.69. The Kier molecular flexibility index (Phi) is 3.17. The molecule has 0 saturated carbocycles. The quantitative estimate of drug-likeness (QED) is 0.743. The fourth-order valence-corrected chi connectivity index (χ4v) is 1.78.